The maximum absolute atomic E-state index is 11.3. The van der Waals surface area contributed by atoms with Gasteiger partial charge in [0, 0.05) is 20.2 Å². The quantitative estimate of drug-likeness (QED) is 0.753. The Balaban J connectivity index is 2.45. The molecule has 0 heterocycles. The van der Waals surface area contributed by atoms with Crippen LogP contribution in [0.5, 0.6) is 11.5 Å². The second-order valence-electron chi connectivity index (χ2n) is 3.63. The number of nitrogens with one attached hydrogen (secondary N) is 1. The van der Waals surface area contributed by atoms with Gasteiger partial charge in [0.25, 0.3) is 5.91 Å². The zero-order valence-electron chi connectivity index (χ0n) is 10.4. The molecular weight excluding hydrogens is 220 g/mol. The number of ether oxygens (including phenoxy) is 2. The van der Waals surface area contributed by atoms with E-state index in [9.17, 15) is 4.79 Å². The molecule has 0 unspecified atom stereocenters. The van der Waals surface area contributed by atoms with E-state index in [0.29, 0.717) is 12.4 Å². The van der Waals surface area contributed by atoms with Crippen molar-refractivity contribution in [1.82, 2.24) is 10.4 Å². The summed E-state index contributed by atoms with van der Waals surface area (Å²) in [6, 6.07) is 7.21. The Bertz CT molecular complexity index is 367. The second kappa shape index (κ2) is 6.75. The van der Waals surface area contributed by atoms with Crippen LogP contribution in [0, 0.1) is 0 Å². The number of rotatable bonds is 6. The number of hydrogen-bond donors (Lipinski definition) is 1. The summed E-state index contributed by atoms with van der Waals surface area (Å²) >= 11 is 0. The van der Waals surface area contributed by atoms with E-state index in [2.05, 4.69) is 5.43 Å². The normalized spacial score (nSPS) is 10.1. The molecule has 0 aliphatic heterocycles. The van der Waals surface area contributed by atoms with Crippen LogP contribution in [-0.2, 0) is 4.79 Å². The van der Waals surface area contributed by atoms with Gasteiger partial charge < -0.3 is 9.47 Å². The van der Waals surface area contributed by atoms with Gasteiger partial charge in [-0.1, -0.05) is 6.07 Å². The molecule has 0 atom stereocenters. The van der Waals surface area contributed by atoms with E-state index in [-0.39, 0.29) is 12.5 Å². The third-order valence-electron chi connectivity index (χ3n) is 1.83. The van der Waals surface area contributed by atoms with Crippen molar-refractivity contribution in [2.45, 2.75) is 6.92 Å². The summed E-state index contributed by atoms with van der Waals surface area (Å²) in [6.07, 6.45) is 0. The van der Waals surface area contributed by atoms with Crippen molar-refractivity contribution < 1.29 is 14.3 Å². The van der Waals surface area contributed by atoms with Gasteiger partial charge in [-0.05, 0) is 19.1 Å². The van der Waals surface area contributed by atoms with Crippen LogP contribution in [-0.4, -0.2) is 38.2 Å². The van der Waals surface area contributed by atoms with Crippen LogP contribution in [0.15, 0.2) is 24.3 Å². The smallest absolute Gasteiger partial charge is 0.272 e. The first-order valence-electron chi connectivity index (χ1n) is 5.44. The Kier molecular flexibility index (Phi) is 5.29. The Morgan fingerprint density at radius 1 is 1.29 bits per heavy atom. The highest BCUT2D eigenvalue weighted by atomic mass is 16.5. The molecule has 5 nitrogen and oxygen atoms in total. The minimum Gasteiger partial charge on any atom is -0.494 e. The molecule has 17 heavy (non-hydrogen) atoms. The summed E-state index contributed by atoms with van der Waals surface area (Å²) in [4.78, 5) is 11.3. The molecule has 0 aliphatic carbocycles. The van der Waals surface area contributed by atoms with Crippen molar-refractivity contribution in [3.05, 3.63) is 24.3 Å². The van der Waals surface area contributed by atoms with Gasteiger partial charge in [0.05, 0.1) is 6.61 Å². The minimum absolute atomic E-state index is 0.0201. The average Bonchev–Trinajstić information content (AvgIpc) is 2.26. The van der Waals surface area contributed by atoms with E-state index in [0.717, 1.165) is 5.75 Å². The van der Waals surface area contributed by atoms with Crippen LogP contribution in [0.25, 0.3) is 0 Å². The first-order chi connectivity index (χ1) is 8.11. The third-order valence-corrected chi connectivity index (χ3v) is 1.83. The average molecular weight is 238 g/mol. The molecule has 0 saturated carbocycles. The van der Waals surface area contributed by atoms with Crippen LogP contribution in [0.2, 0.25) is 0 Å². The summed E-state index contributed by atoms with van der Waals surface area (Å²) in [5.74, 6) is 1.15. The Hall–Kier alpha value is -1.75. The van der Waals surface area contributed by atoms with Crippen LogP contribution in [0.4, 0.5) is 0 Å². The number of benzene rings is 1. The van der Waals surface area contributed by atoms with Crippen molar-refractivity contribution in [3.8, 4) is 11.5 Å². The maximum Gasteiger partial charge on any atom is 0.272 e. The number of hydrazine groups is 1. The summed E-state index contributed by atoms with van der Waals surface area (Å²) in [6.45, 7) is 2.50. The number of amides is 1. The molecule has 94 valence electrons. The Morgan fingerprint density at radius 3 is 2.53 bits per heavy atom. The monoisotopic (exact) mass is 238 g/mol. The molecule has 0 radical (unpaired) electrons. The lowest BCUT2D eigenvalue weighted by Gasteiger charge is -2.12. The molecule has 1 aromatic rings. The van der Waals surface area contributed by atoms with E-state index >= 15 is 0 Å². The zero-order chi connectivity index (χ0) is 12.7. The van der Waals surface area contributed by atoms with Gasteiger partial charge in [-0.25, -0.2) is 5.01 Å². The van der Waals surface area contributed by atoms with E-state index in [1.165, 1.54) is 0 Å². The van der Waals surface area contributed by atoms with Crippen molar-refractivity contribution in [1.29, 1.82) is 0 Å². The first-order valence-corrected chi connectivity index (χ1v) is 5.44. The molecular formula is C12H18N2O3. The van der Waals surface area contributed by atoms with Crippen molar-refractivity contribution in [2.75, 3.05) is 27.3 Å². The van der Waals surface area contributed by atoms with E-state index in [4.69, 9.17) is 9.47 Å². The third kappa shape index (κ3) is 5.21. The minimum atomic E-state index is -0.197. The van der Waals surface area contributed by atoms with Crippen LogP contribution in [0.1, 0.15) is 6.92 Å². The summed E-state index contributed by atoms with van der Waals surface area (Å²) in [5, 5.41) is 1.57. The lowest BCUT2D eigenvalue weighted by atomic mass is 10.3. The van der Waals surface area contributed by atoms with Crippen molar-refractivity contribution in [3.63, 3.8) is 0 Å². The highest BCUT2D eigenvalue weighted by Crippen LogP contribution is 2.19. The number of carbonyl (C=O) groups is 1. The van der Waals surface area contributed by atoms with Crippen molar-refractivity contribution in [2.24, 2.45) is 0 Å². The highest BCUT2D eigenvalue weighted by Gasteiger charge is 2.03. The van der Waals surface area contributed by atoms with Gasteiger partial charge in [0.1, 0.15) is 11.5 Å². The summed E-state index contributed by atoms with van der Waals surface area (Å²) in [7, 11) is 3.49. The molecule has 0 spiro atoms. The predicted octanol–water partition coefficient (Wildman–Crippen LogP) is 1.06. The largest absolute Gasteiger partial charge is 0.494 e. The molecule has 0 aromatic heterocycles. The zero-order valence-corrected chi connectivity index (χ0v) is 10.4. The van der Waals surface area contributed by atoms with Gasteiger partial charge in [-0.2, -0.15) is 0 Å². The molecule has 1 N–H and O–H groups in total. The SMILES string of the molecule is CCOc1cccc(OCC(=O)NN(C)C)c1. The van der Waals surface area contributed by atoms with Crippen LogP contribution >= 0.6 is 0 Å². The lowest BCUT2D eigenvalue weighted by molar-refractivity contribution is -0.126. The molecule has 1 rings (SSSR count). The van der Waals surface area contributed by atoms with Crippen LogP contribution in [0.3, 0.4) is 0 Å². The Labute approximate surface area is 101 Å². The summed E-state index contributed by atoms with van der Waals surface area (Å²) in [5.41, 5.74) is 2.59. The second-order valence-corrected chi connectivity index (χ2v) is 3.63. The molecule has 0 aliphatic rings. The fourth-order valence-electron chi connectivity index (χ4n) is 1.25. The fraction of sp³-hybridized carbons (Fsp3) is 0.417. The molecule has 0 fully saturated rings. The van der Waals surface area contributed by atoms with Gasteiger partial charge in [-0.15, -0.1) is 0 Å². The highest BCUT2D eigenvalue weighted by molar-refractivity contribution is 5.76. The molecule has 0 saturated heterocycles. The first kappa shape index (κ1) is 13.3. The van der Waals surface area contributed by atoms with E-state index < -0.39 is 0 Å². The molecule has 1 aromatic carbocycles. The topological polar surface area (TPSA) is 50.8 Å². The molecule has 0 bridgehead atoms. The number of nitrogens with zero attached hydrogens (tertiary/aromatic N) is 1. The van der Waals surface area contributed by atoms with Gasteiger partial charge >= 0.3 is 0 Å². The summed E-state index contributed by atoms with van der Waals surface area (Å²) < 4.78 is 10.7. The van der Waals surface area contributed by atoms with Gasteiger partial charge in [0.15, 0.2) is 6.61 Å². The van der Waals surface area contributed by atoms with Crippen molar-refractivity contribution >= 4 is 5.91 Å². The van der Waals surface area contributed by atoms with Crippen LogP contribution < -0.4 is 14.9 Å². The standard InChI is InChI=1S/C12H18N2O3/c1-4-16-10-6-5-7-11(8-10)17-9-12(15)13-14(2)3/h5-8H,4,9H2,1-3H3,(H,13,15). The number of hydrogen-bond acceptors (Lipinski definition) is 4. The van der Waals surface area contributed by atoms with E-state index in [1.54, 1.807) is 31.2 Å². The van der Waals surface area contributed by atoms with E-state index in [1.807, 2.05) is 19.1 Å². The maximum atomic E-state index is 11.3. The lowest BCUT2D eigenvalue weighted by Crippen LogP contribution is -2.39. The van der Waals surface area contributed by atoms with Gasteiger partial charge in [-0.3, -0.25) is 10.2 Å². The molecule has 5 heteroatoms. The van der Waals surface area contributed by atoms with Gasteiger partial charge in [0.2, 0.25) is 0 Å². The Morgan fingerprint density at radius 2 is 1.94 bits per heavy atom. The molecule has 1 amide bonds. The fourth-order valence-corrected chi connectivity index (χ4v) is 1.25. The predicted molar refractivity (Wildman–Crippen MR) is 64.9 cm³/mol. The number of carbonyl (C=O) groups excluding carboxylic acids is 1.